The van der Waals surface area contributed by atoms with E-state index in [2.05, 4.69) is 32.6 Å². The van der Waals surface area contributed by atoms with Gasteiger partial charge in [-0.1, -0.05) is 130 Å². The predicted molar refractivity (Wildman–Crippen MR) is 146 cm³/mol. The zero-order chi connectivity index (χ0) is 23.5. The molecule has 0 unspecified atom stereocenters. The molecule has 0 spiro atoms. The van der Waals surface area contributed by atoms with Crippen molar-refractivity contribution in [2.45, 2.75) is 156 Å². The van der Waals surface area contributed by atoms with Crippen molar-refractivity contribution in [3.8, 4) is 0 Å². The monoisotopic (exact) mass is 450 g/mol. The van der Waals surface area contributed by atoms with Crippen molar-refractivity contribution in [3.05, 3.63) is 0 Å². The van der Waals surface area contributed by atoms with Crippen LogP contribution in [0.4, 0.5) is 0 Å². The molecule has 0 N–H and O–H groups in total. The Morgan fingerprint density at radius 2 is 0.812 bits per heavy atom. The van der Waals surface area contributed by atoms with E-state index in [9.17, 15) is 0 Å². The van der Waals surface area contributed by atoms with Crippen LogP contribution in [0.25, 0.3) is 0 Å². The smallest absolute Gasteiger partial charge is 0.215 e. The largest absolute Gasteiger partial charge is 0.341 e. The number of hydrogen-bond donors (Lipinski definition) is 0. The summed E-state index contributed by atoms with van der Waals surface area (Å²) in [5.74, 6) is 1.09. The van der Waals surface area contributed by atoms with Crippen LogP contribution < -0.4 is 5.32 Å². The molecule has 0 aliphatic carbocycles. The molecule has 0 amide bonds. The Kier molecular flexibility index (Phi) is 25.9. The fraction of sp³-hybridized carbons (Fsp3) is 0.966. The molecule has 0 saturated carbocycles. The zero-order valence-corrected chi connectivity index (χ0v) is 22.8. The number of rotatable bonds is 24. The minimum Gasteiger partial charge on any atom is -0.341 e. The van der Waals surface area contributed by atoms with Gasteiger partial charge in [0.2, 0.25) is 5.96 Å². The third-order valence-electron chi connectivity index (χ3n) is 6.38. The third kappa shape index (κ3) is 21.1. The molecule has 0 atom stereocenters. The van der Waals surface area contributed by atoms with E-state index in [0.717, 1.165) is 32.1 Å². The highest BCUT2D eigenvalue weighted by molar-refractivity contribution is 5.79. The normalized spacial score (nSPS) is 11.8. The summed E-state index contributed by atoms with van der Waals surface area (Å²) in [5, 5.41) is 5.06. The highest BCUT2D eigenvalue weighted by Gasteiger charge is 2.12. The summed E-state index contributed by atoms with van der Waals surface area (Å²) in [6, 6.07) is 0. The Morgan fingerprint density at radius 3 is 1.25 bits per heavy atom. The van der Waals surface area contributed by atoms with Crippen LogP contribution in [0, 0.1) is 0 Å². The van der Waals surface area contributed by atoms with Gasteiger partial charge in [-0.05, 0) is 25.7 Å². The lowest BCUT2D eigenvalue weighted by atomic mass is 10.1. The summed E-state index contributed by atoms with van der Waals surface area (Å²) in [6.45, 7) is 13.4. The van der Waals surface area contributed by atoms with Crippen LogP contribution in [0.1, 0.15) is 156 Å². The first-order chi connectivity index (χ1) is 15.8. The van der Waals surface area contributed by atoms with Crippen molar-refractivity contribution in [1.82, 2.24) is 10.2 Å². The molecule has 0 rings (SSSR count). The second kappa shape index (κ2) is 26.5. The molecule has 0 aromatic heterocycles. The molecule has 1 radical (unpaired) electrons. The molecule has 3 heteroatoms. The van der Waals surface area contributed by atoms with E-state index in [1.54, 1.807) is 0 Å². The van der Waals surface area contributed by atoms with Crippen LogP contribution in [-0.4, -0.2) is 37.0 Å². The maximum atomic E-state index is 5.06. The van der Waals surface area contributed by atoms with Gasteiger partial charge in [0.1, 0.15) is 0 Å². The zero-order valence-electron chi connectivity index (χ0n) is 22.8. The lowest BCUT2D eigenvalue weighted by Gasteiger charge is -2.26. The van der Waals surface area contributed by atoms with Gasteiger partial charge in [-0.3, -0.25) is 10.3 Å². The second-order valence-corrected chi connectivity index (χ2v) is 9.71. The average Bonchev–Trinajstić information content (AvgIpc) is 2.80. The molecule has 0 bridgehead atoms. The van der Waals surface area contributed by atoms with Crippen LogP contribution in [0.5, 0.6) is 0 Å². The van der Waals surface area contributed by atoms with Gasteiger partial charge >= 0.3 is 0 Å². The SMILES string of the molecule is CCCCCCC[N]C(=NCCCCCCC)N(CCCCCCC)CCCCCCC. The number of nitrogens with zero attached hydrogens (tertiary/aromatic N) is 3. The molecular formula is C29H60N3. The highest BCUT2D eigenvalue weighted by atomic mass is 15.3. The molecule has 0 heterocycles. The Bertz CT molecular complexity index is 367. The van der Waals surface area contributed by atoms with Crippen LogP contribution >= 0.6 is 0 Å². The number of hydrogen-bond acceptors (Lipinski definition) is 1. The molecule has 191 valence electrons. The van der Waals surface area contributed by atoms with E-state index in [0.29, 0.717) is 0 Å². The van der Waals surface area contributed by atoms with Crippen LogP contribution in [-0.2, 0) is 0 Å². The van der Waals surface area contributed by atoms with E-state index in [1.807, 2.05) is 0 Å². The number of guanidine groups is 1. The average molecular weight is 451 g/mol. The summed E-state index contributed by atoms with van der Waals surface area (Å²) in [7, 11) is 0. The summed E-state index contributed by atoms with van der Waals surface area (Å²) >= 11 is 0. The maximum Gasteiger partial charge on any atom is 0.215 e. The molecule has 0 fully saturated rings. The summed E-state index contributed by atoms with van der Waals surface area (Å²) in [6.07, 6.45) is 26.5. The summed E-state index contributed by atoms with van der Waals surface area (Å²) < 4.78 is 0. The van der Waals surface area contributed by atoms with Gasteiger partial charge in [0.15, 0.2) is 0 Å². The highest BCUT2D eigenvalue weighted by Crippen LogP contribution is 2.10. The van der Waals surface area contributed by atoms with Crippen molar-refractivity contribution in [1.29, 1.82) is 0 Å². The van der Waals surface area contributed by atoms with Crippen LogP contribution in [0.2, 0.25) is 0 Å². The van der Waals surface area contributed by atoms with E-state index in [4.69, 9.17) is 10.3 Å². The van der Waals surface area contributed by atoms with E-state index in [1.165, 1.54) is 128 Å². The Balaban J connectivity index is 4.76. The molecule has 32 heavy (non-hydrogen) atoms. The quantitative estimate of drug-likeness (QED) is 0.0818. The van der Waals surface area contributed by atoms with Gasteiger partial charge < -0.3 is 4.90 Å². The maximum absolute atomic E-state index is 5.06. The Morgan fingerprint density at radius 1 is 0.438 bits per heavy atom. The fourth-order valence-corrected chi connectivity index (χ4v) is 4.16. The predicted octanol–water partition coefficient (Wildman–Crippen LogP) is 9.13. The molecule has 0 saturated heterocycles. The number of aliphatic imine (C=N–C) groups is 1. The van der Waals surface area contributed by atoms with Crippen molar-refractivity contribution >= 4 is 5.96 Å². The Hall–Kier alpha value is -0.730. The first-order valence-electron chi connectivity index (χ1n) is 14.8. The molecule has 0 aromatic rings. The van der Waals surface area contributed by atoms with Crippen molar-refractivity contribution in [2.24, 2.45) is 4.99 Å². The summed E-state index contributed by atoms with van der Waals surface area (Å²) in [5.41, 5.74) is 0. The lowest BCUT2D eigenvalue weighted by Crippen LogP contribution is -2.39. The van der Waals surface area contributed by atoms with Crippen molar-refractivity contribution < 1.29 is 0 Å². The van der Waals surface area contributed by atoms with E-state index < -0.39 is 0 Å². The molecule has 0 aliphatic rings. The second-order valence-electron chi connectivity index (χ2n) is 9.71. The summed E-state index contributed by atoms with van der Waals surface area (Å²) in [4.78, 5) is 7.61. The van der Waals surface area contributed by atoms with E-state index >= 15 is 0 Å². The molecule has 0 aliphatic heterocycles. The number of unbranched alkanes of at least 4 members (excludes halogenated alkanes) is 16. The van der Waals surface area contributed by atoms with Gasteiger partial charge in [0.25, 0.3) is 0 Å². The fourth-order valence-electron chi connectivity index (χ4n) is 4.16. The first kappa shape index (κ1) is 31.3. The van der Waals surface area contributed by atoms with Crippen molar-refractivity contribution in [3.63, 3.8) is 0 Å². The first-order valence-corrected chi connectivity index (χ1v) is 14.8. The van der Waals surface area contributed by atoms with Crippen molar-refractivity contribution in [2.75, 3.05) is 26.2 Å². The minimum absolute atomic E-state index is 0.959. The topological polar surface area (TPSA) is 29.7 Å². The molecule has 0 aromatic carbocycles. The van der Waals surface area contributed by atoms with Gasteiger partial charge in [-0.25, -0.2) is 0 Å². The molecule has 3 nitrogen and oxygen atoms in total. The lowest BCUT2D eigenvalue weighted by molar-refractivity contribution is 0.370. The molecular weight excluding hydrogens is 390 g/mol. The Labute approximate surface area is 203 Å². The van der Waals surface area contributed by atoms with Gasteiger partial charge in [0.05, 0.1) is 0 Å². The van der Waals surface area contributed by atoms with Gasteiger partial charge in [-0.15, -0.1) is 0 Å². The van der Waals surface area contributed by atoms with Gasteiger partial charge in [-0.2, -0.15) is 0 Å². The van der Waals surface area contributed by atoms with Crippen LogP contribution in [0.15, 0.2) is 4.99 Å². The van der Waals surface area contributed by atoms with Crippen LogP contribution in [0.3, 0.4) is 0 Å². The minimum atomic E-state index is 0.959. The van der Waals surface area contributed by atoms with Gasteiger partial charge in [0, 0.05) is 26.2 Å². The third-order valence-corrected chi connectivity index (χ3v) is 6.38. The standard InChI is InChI=1S/C29H60N3/c1-5-9-13-17-21-25-30-29(31-26-22-18-14-10-6-2)32(27-23-19-15-11-7-3)28-24-20-16-12-8-4/h5-28H2,1-4H3. The van der Waals surface area contributed by atoms with E-state index in [-0.39, 0.29) is 0 Å².